The highest BCUT2D eigenvalue weighted by molar-refractivity contribution is 5.26. The van der Waals surface area contributed by atoms with E-state index in [0.717, 1.165) is 32.8 Å². The van der Waals surface area contributed by atoms with Crippen LogP contribution in [0.15, 0.2) is 24.3 Å². The summed E-state index contributed by atoms with van der Waals surface area (Å²) in [5.41, 5.74) is 2.61. The number of ether oxygens (including phenoxy) is 2. The molecule has 0 bridgehead atoms. The normalized spacial score (nSPS) is 19.9. The maximum Gasteiger partial charge on any atom is 0.0719 e. The van der Waals surface area contributed by atoms with Crippen molar-refractivity contribution in [1.29, 1.82) is 0 Å². The van der Waals surface area contributed by atoms with E-state index in [-0.39, 0.29) is 0 Å². The molecule has 1 aliphatic rings. The van der Waals surface area contributed by atoms with Crippen molar-refractivity contribution in [2.75, 3.05) is 19.8 Å². The Kier molecular flexibility index (Phi) is 5.65. The molecule has 1 saturated heterocycles. The molecule has 1 unspecified atom stereocenters. The predicted octanol–water partition coefficient (Wildman–Crippen LogP) is 2.49. The largest absolute Gasteiger partial charge is 0.380 e. The van der Waals surface area contributed by atoms with Crippen LogP contribution in [0, 0.1) is 0 Å². The molecule has 1 fully saturated rings. The standard InChI is InChI=1S/C15H23NO2/c1-2-17-11-14-7-4-3-6-13(14)10-16-15-8-5-9-18-12-15/h3-4,6-7,15-16H,2,5,8-12H2,1H3. The van der Waals surface area contributed by atoms with Crippen molar-refractivity contribution >= 4 is 0 Å². The minimum atomic E-state index is 0.499. The minimum absolute atomic E-state index is 0.499. The maximum atomic E-state index is 5.50. The van der Waals surface area contributed by atoms with E-state index in [2.05, 4.69) is 29.6 Å². The second-order valence-corrected chi connectivity index (χ2v) is 4.70. The summed E-state index contributed by atoms with van der Waals surface area (Å²) in [5, 5.41) is 3.57. The van der Waals surface area contributed by atoms with Crippen molar-refractivity contribution in [3.8, 4) is 0 Å². The van der Waals surface area contributed by atoms with Crippen molar-refractivity contribution in [2.24, 2.45) is 0 Å². The third kappa shape index (κ3) is 4.09. The molecule has 18 heavy (non-hydrogen) atoms. The molecule has 1 N–H and O–H groups in total. The number of rotatable bonds is 6. The SMILES string of the molecule is CCOCc1ccccc1CNC1CCCOC1. The smallest absolute Gasteiger partial charge is 0.0719 e. The highest BCUT2D eigenvalue weighted by Gasteiger charge is 2.13. The van der Waals surface area contributed by atoms with Gasteiger partial charge in [-0.1, -0.05) is 24.3 Å². The quantitative estimate of drug-likeness (QED) is 0.840. The van der Waals surface area contributed by atoms with Gasteiger partial charge in [0, 0.05) is 25.8 Å². The van der Waals surface area contributed by atoms with Crippen molar-refractivity contribution in [3.63, 3.8) is 0 Å². The zero-order chi connectivity index (χ0) is 12.6. The highest BCUT2D eigenvalue weighted by Crippen LogP contribution is 2.12. The van der Waals surface area contributed by atoms with Gasteiger partial charge in [0.15, 0.2) is 0 Å². The van der Waals surface area contributed by atoms with Crippen LogP contribution >= 0.6 is 0 Å². The summed E-state index contributed by atoms with van der Waals surface area (Å²) in [7, 11) is 0. The molecule has 0 spiro atoms. The molecule has 0 saturated carbocycles. The molecule has 1 atom stereocenters. The van der Waals surface area contributed by atoms with E-state index in [1.54, 1.807) is 0 Å². The predicted molar refractivity (Wildman–Crippen MR) is 72.5 cm³/mol. The molecule has 1 aromatic carbocycles. The van der Waals surface area contributed by atoms with Crippen LogP contribution in [0.4, 0.5) is 0 Å². The van der Waals surface area contributed by atoms with Crippen LogP contribution in [-0.2, 0) is 22.6 Å². The van der Waals surface area contributed by atoms with E-state index in [1.807, 2.05) is 6.92 Å². The van der Waals surface area contributed by atoms with Gasteiger partial charge in [-0.15, -0.1) is 0 Å². The Morgan fingerprint density at radius 2 is 2.17 bits per heavy atom. The van der Waals surface area contributed by atoms with Gasteiger partial charge in [-0.3, -0.25) is 0 Å². The first-order chi connectivity index (χ1) is 8.90. The van der Waals surface area contributed by atoms with Gasteiger partial charge < -0.3 is 14.8 Å². The molecule has 100 valence electrons. The fourth-order valence-corrected chi connectivity index (χ4v) is 2.24. The molecule has 0 radical (unpaired) electrons. The Morgan fingerprint density at radius 3 is 2.89 bits per heavy atom. The topological polar surface area (TPSA) is 30.5 Å². The van der Waals surface area contributed by atoms with Gasteiger partial charge in [-0.25, -0.2) is 0 Å². The summed E-state index contributed by atoms with van der Waals surface area (Å²) in [5.74, 6) is 0. The van der Waals surface area contributed by atoms with Gasteiger partial charge in [0.1, 0.15) is 0 Å². The van der Waals surface area contributed by atoms with Crippen LogP contribution in [0.25, 0.3) is 0 Å². The van der Waals surface area contributed by atoms with E-state index in [0.29, 0.717) is 12.6 Å². The van der Waals surface area contributed by atoms with Crippen LogP contribution in [0.3, 0.4) is 0 Å². The number of hydrogen-bond donors (Lipinski definition) is 1. The van der Waals surface area contributed by atoms with Crippen molar-refractivity contribution in [3.05, 3.63) is 35.4 Å². The summed E-state index contributed by atoms with van der Waals surface area (Å²) in [6.45, 7) is 6.15. The molecule has 3 heteroatoms. The lowest BCUT2D eigenvalue weighted by atomic mass is 10.1. The lowest BCUT2D eigenvalue weighted by molar-refractivity contribution is 0.0698. The molecule has 3 nitrogen and oxygen atoms in total. The lowest BCUT2D eigenvalue weighted by Gasteiger charge is -2.23. The minimum Gasteiger partial charge on any atom is -0.380 e. The van der Waals surface area contributed by atoms with E-state index in [4.69, 9.17) is 9.47 Å². The average molecular weight is 249 g/mol. The summed E-state index contributed by atoms with van der Waals surface area (Å²) < 4.78 is 11.0. The van der Waals surface area contributed by atoms with Gasteiger partial charge in [0.2, 0.25) is 0 Å². The van der Waals surface area contributed by atoms with Crippen molar-refractivity contribution < 1.29 is 9.47 Å². The maximum absolute atomic E-state index is 5.50. The van der Waals surface area contributed by atoms with Crippen LogP contribution in [0.1, 0.15) is 30.9 Å². The number of benzene rings is 1. The Hall–Kier alpha value is -0.900. The first-order valence-corrected chi connectivity index (χ1v) is 6.85. The summed E-state index contributed by atoms with van der Waals surface area (Å²) >= 11 is 0. The third-order valence-corrected chi connectivity index (χ3v) is 3.32. The second-order valence-electron chi connectivity index (χ2n) is 4.70. The molecule has 0 amide bonds. The van der Waals surface area contributed by atoms with E-state index < -0.39 is 0 Å². The summed E-state index contributed by atoms with van der Waals surface area (Å²) in [6.07, 6.45) is 2.38. The Labute approximate surface area is 109 Å². The van der Waals surface area contributed by atoms with Gasteiger partial charge in [0.25, 0.3) is 0 Å². The summed E-state index contributed by atoms with van der Waals surface area (Å²) in [6, 6.07) is 8.97. The van der Waals surface area contributed by atoms with Crippen molar-refractivity contribution in [2.45, 2.75) is 39.0 Å². The second kappa shape index (κ2) is 7.52. The lowest BCUT2D eigenvalue weighted by Crippen LogP contribution is -2.36. The van der Waals surface area contributed by atoms with Gasteiger partial charge >= 0.3 is 0 Å². The van der Waals surface area contributed by atoms with Crippen LogP contribution in [0.5, 0.6) is 0 Å². The van der Waals surface area contributed by atoms with Crippen LogP contribution < -0.4 is 5.32 Å². The molecule has 2 rings (SSSR count). The van der Waals surface area contributed by atoms with Crippen LogP contribution in [0.2, 0.25) is 0 Å². The van der Waals surface area contributed by atoms with E-state index in [1.165, 1.54) is 17.5 Å². The van der Waals surface area contributed by atoms with Gasteiger partial charge in [-0.05, 0) is 30.9 Å². The molecule has 0 aliphatic carbocycles. The number of nitrogens with one attached hydrogen (secondary N) is 1. The molecule has 0 aromatic heterocycles. The highest BCUT2D eigenvalue weighted by atomic mass is 16.5. The van der Waals surface area contributed by atoms with Crippen LogP contribution in [-0.4, -0.2) is 25.9 Å². The Morgan fingerprint density at radius 1 is 1.33 bits per heavy atom. The van der Waals surface area contributed by atoms with Gasteiger partial charge in [0.05, 0.1) is 13.2 Å². The monoisotopic (exact) mass is 249 g/mol. The fourth-order valence-electron chi connectivity index (χ4n) is 2.24. The Balaban J connectivity index is 1.87. The average Bonchev–Trinajstić information content (AvgIpc) is 2.45. The first kappa shape index (κ1) is 13.5. The number of hydrogen-bond acceptors (Lipinski definition) is 3. The zero-order valence-electron chi connectivity index (χ0n) is 11.2. The Bertz CT molecular complexity index is 348. The van der Waals surface area contributed by atoms with Gasteiger partial charge in [-0.2, -0.15) is 0 Å². The van der Waals surface area contributed by atoms with E-state index in [9.17, 15) is 0 Å². The summed E-state index contributed by atoms with van der Waals surface area (Å²) in [4.78, 5) is 0. The van der Waals surface area contributed by atoms with E-state index >= 15 is 0 Å². The molecular weight excluding hydrogens is 226 g/mol. The third-order valence-electron chi connectivity index (χ3n) is 3.32. The molecular formula is C15H23NO2. The first-order valence-electron chi connectivity index (χ1n) is 6.85. The zero-order valence-corrected chi connectivity index (χ0v) is 11.2. The fraction of sp³-hybridized carbons (Fsp3) is 0.600. The molecule has 1 aliphatic heterocycles. The van der Waals surface area contributed by atoms with Crippen molar-refractivity contribution in [1.82, 2.24) is 5.32 Å². The molecule has 1 aromatic rings. The molecule has 1 heterocycles.